The van der Waals surface area contributed by atoms with Gasteiger partial charge in [0.15, 0.2) is 0 Å². The molecule has 1 aliphatic rings. The van der Waals surface area contributed by atoms with E-state index in [4.69, 9.17) is 4.74 Å². The lowest BCUT2D eigenvalue weighted by molar-refractivity contribution is 0.0983. The van der Waals surface area contributed by atoms with Crippen molar-refractivity contribution in [3.8, 4) is 0 Å². The van der Waals surface area contributed by atoms with E-state index in [1.54, 1.807) is 11.1 Å². The fourth-order valence-electron chi connectivity index (χ4n) is 3.57. The number of benzene rings is 1. The van der Waals surface area contributed by atoms with Crippen LogP contribution in [0, 0.1) is 6.92 Å². The Balaban J connectivity index is 1.64. The van der Waals surface area contributed by atoms with E-state index in [1.165, 1.54) is 11.1 Å². The summed E-state index contributed by atoms with van der Waals surface area (Å²) >= 11 is 0. The van der Waals surface area contributed by atoms with Gasteiger partial charge in [0.05, 0.1) is 6.61 Å². The molecular weight excluding hydrogens is 366 g/mol. The summed E-state index contributed by atoms with van der Waals surface area (Å²) in [5.74, 6) is 1.79. The van der Waals surface area contributed by atoms with Gasteiger partial charge in [0.25, 0.3) is 0 Å². The summed E-state index contributed by atoms with van der Waals surface area (Å²) in [5.41, 5.74) is 3.56. The molecule has 0 unspecified atom stereocenters. The van der Waals surface area contributed by atoms with E-state index in [0.29, 0.717) is 31.6 Å². The third kappa shape index (κ3) is 5.37. The van der Waals surface area contributed by atoms with Gasteiger partial charge in [-0.25, -0.2) is 9.78 Å². The number of para-hydroxylation sites is 1. The Labute approximate surface area is 172 Å². The zero-order valence-corrected chi connectivity index (χ0v) is 17.7. The maximum Gasteiger partial charge on any atom is 0.409 e. The normalized spacial score (nSPS) is 14.7. The number of aromatic nitrogens is 2. The van der Waals surface area contributed by atoms with Crippen LogP contribution in [-0.4, -0.2) is 46.7 Å². The lowest BCUT2D eigenvalue weighted by Gasteiger charge is -2.31. The first kappa shape index (κ1) is 20.9. The Bertz CT molecular complexity index is 832. The number of hydrogen-bond acceptors (Lipinski definition) is 6. The molecule has 2 heterocycles. The minimum Gasteiger partial charge on any atom is -0.450 e. The van der Waals surface area contributed by atoms with Gasteiger partial charge >= 0.3 is 6.09 Å². The first-order valence-electron chi connectivity index (χ1n) is 10.4. The maximum absolute atomic E-state index is 11.8. The van der Waals surface area contributed by atoms with Gasteiger partial charge < -0.3 is 20.3 Å². The molecule has 1 amide bonds. The summed E-state index contributed by atoms with van der Waals surface area (Å²) in [5, 5.41) is 6.88. The summed E-state index contributed by atoms with van der Waals surface area (Å²) in [6.45, 7) is 10.1. The van der Waals surface area contributed by atoms with Crippen molar-refractivity contribution < 1.29 is 9.53 Å². The molecule has 3 rings (SSSR count). The number of ether oxygens (including phenoxy) is 1. The first-order valence-corrected chi connectivity index (χ1v) is 10.4. The van der Waals surface area contributed by atoms with Crippen LogP contribution in [0.4, 0.5) is 22.2 Å². The van der Waals surface area contributed by atoms with E-state index in [1.807, 2.05) is 13.0 Å². The Morgan fingerprint density at radius 3 is 2.72 bits per heavy atom. The predicted molar refractivity (Wildman–Crippen MR) is 116 cm³/mol. The molecule has 1 aromatic carbocycles. The van der Waals surface area contributed by atoms with Crippen LogP contribution in [0.3, 0.4) is 0 Å². The summed E-state index contributed by atoms with van der Waals surface area (Å²) in [7, 11) is 0. The van der Waals surface area contributed by atoms with Gasteiger partial charge in [0.2, 0.25) is 5.95 Å². The standard InChI is InChI=1S/C22H31N5O2/c1-5-29-22(28)27-13-10-17(11-14-27)24-21-23-12-9-19(26-21)25-20-16(4)7-6-8-18(20)15(2)3/h6-9,12,15,17H,5,10-11,13-14H2,1-4H3,(H2,23,24,25,26). The molecule has 0 spiro atoms. The fraction of sp³-hybridized carbons (Fsp3) is 0.500. The summed E-state index contributed by atoms with van der Waals surface area (Å²) in [6, 6.07) is 8.46. The highest BCUT2D eigenvalue weighted by Gasteiger charge is 2.24. The van der Waals surface area contributed by atoms with E-state index < -0.39 is 0 Å². The van der Waals surface area contributed by atoms with E-state index in [9.17, 15) is 4.79 Å². The SMILES string of the molecule is CCOC(=O)N1CCC(Nc2nccc(Nc3c(C)cccc3C(C)C)n2)CC1. The second kappa shape index (κ2) is 9.58. The number of carbonyl (C=O) groups excluding carboxylic acids is 1. The molecule has 156 valence electrons. The molecule has 1 aliphatic heterocycles. The van der Waals surface area contributed by atoms with Crippen LogP contribution in [0.1, 0.15) is 50.7 Å². The topological polar surface area (TPSA) is 79.4 Å². The zero-order chi connectivity index (χ0) is 20.8. The van der Waals surface area contributed by atoms with Crippen molar-refractivity contribution in [3.63, 3.8) is 0 Å². The first-order chi connectivity index (χ1) is 14.0. The van der Waals surface area contributed by atoms with Crippen LogP contribution in [0.5, 0.6) is 0 Å². The Morgan fingerprint density at radius 1 is 1.28 bits per heavy atom. The molecule has 2 aromatic rings. The van der Waals surface area contributed by atoms with Gasteiger partial charge in [-0.1, -0.05) is 32.0 Å². The van der Waals surface area contributed by atoms with Crippen LogP contribution in [-0.2, 0) is 4.74 Å². The summed E-state index contributed by atoms with van der Waals surface area (Å²) < 4.78 is 5.08. The third-order valence-corrected chi connectivity index (χ3v) is 5.19. The zero-order valence-electron chi connectivity index (χ0n) is 17.7. The highest BCUT2D eigenvalue weighted by Crippen LogP contribution is 2.29. The smallest absolute Gasteiger partial charge is 0.409 e. The number of amides is 1. The van der Waals surface area contributed by atoms with E-state index in [0.717, 1.165) is 24.3 Å². The van der Waals surface area contributed by atoms with E-state index >= 15 is 0 Å². The molecule has 0 bridgehead atoms. The molecule has 0 aliphatic carbocycles. The Hall–Kier alpha value is -2.83. The van der Waals surface area contributed by atoms with Crippen molar-refractivity contribution in [3.05, 3.63) is 41.6 Å². The summed E-state index contributed by atoms with van der Waals surface area (Å²) in [6.07, 6.45) is 3.22. The van der Waals surface area contributed by atoms with Crippen molar-refractivity contribution in [1.82, 2.24) is 14.9 Å². The number of aryl methyl sites for hydroxylation is 1. The quantitative estimate of drug-likeness (QED) is 0.736. The highest BCUT2D eigenvalue weighted by atomic mass is 16.6. The number of carbonyl (C=O) groups is 1. The molecule has 1 saturated heterocycles. The number of piperidine rings is 1. The van der Waals surface area contributed by atoms with E-state index in [-0.39, 0.29) is 12.1 Å². The van der Waals surface area contributed by atoms with Gasteiger partial charge in [-0.05, 0) is 49.8 Å². The van der Waals surface area contributed by atoms with Gasteiger partial charge in [-0.15, -0.1) is 0 Å². The largest absolute Gasteiger partial charge is 0.450 e. The van der Waals surface area contributed by atoms with Crippen molar-refractivity contribution in [1.29, 1.82) is 0 Å². The average molecular weight is 398 g/mol. The van der Waals surface area contributed by atoms with Crippen LogP contribution < -0.4 is 10.6 Å². The van der Waals surface area contributed by atoms with Crippen LogP contribution in [0.2, 0.25) is 0 Å². The lowest BCUT2D eigenvalue weighted by atomic mass is 9.98. The second-order valence-electron chi connectivity index (χ2n) is 7.69. The lowest BCUT2D eigenvalue weighted by Crippen LogP contribution is -2.42. The number of nitrogens with one attached hydrogen (secondary N) is 2. The van der Waals surface area contributed by atoms with Crippen LogP contribution in [0.25, 0.3) is 0 Å². The van der Waals surface area contributed by atoms with Crippen molar-refractivity contribution in [2.45, 2.75) is 52.5 Å². The Morgan fingerprint density at radius 2 is 2.03 bits per heavy atom. The fourth-order valence-corrected chi connectivity index (χ4v) is 3.57. The predicted octanol–water partition coefficient (Wildman–Crippen LogP) is 4.68. The number of hydrogen-bond donors (Lipinski definition) is 2. The average Bonchev–Trinajstić information content (AvgIpc) is 2.70. The summed E-state index contributed by atoms with van der Waals surface area (Å²) in [4.78, 5) is 22.6. The molecule has 0 radical (unpaired) electrons. The molecule has 1 aromatic heterocycles. The number of likely N-dealkylation sites (tertiary alicyclic amines) is 1. The van der Waals surface area contributed by atoms with Gasteiger partial charge in [0.1, 0.15) is 5.82 Å². The number of rotatable bonds is 6. The monoisotopic (exact) mass is 397 g/mol. The molecule has 29 heavy (non-hydrogen) atoms. The van der Waals surface area contributed by atoms with E-state index in [2.05, 4.69) is 59.6 Å². The Kier molecular flexibility index (Phi) is 6.90. The van der Waals surface area contributed by atoms with Gasteiger partial charge in [-0.2, -0.15) is 4.98 Å². The third-order valence-electron chi connectivity index (χ3n) is 5.19. The second-order valence-corrected chi connectivity index (χ2v) is 7.69. The number of nitrogens with zero attached hydrogens (tertiary/aromatic N) is 3. The highest BCUT2D eigenvalue weighted by molar-refractivity contribution is 5.68. The molecule has 0 saturated carbocycles. The minimum atomic E-state index is -0.229. The van der Waals surface area contributed by atoms with Crippen molar-refractivity contribution in [2.24, 2.45) is 0 Å². The van der Waals surface area contributed by atoms with Crippen molar-refractivity contribution in [2.75, 3.05) is 30.3 Å². The minimum absolute atomic E-state index is 0.229. The van der Waals surface area contributed by atoms with Crippen LogP contribution >= 0.6 is 0 Å². The number of anilines is 3. The maximum atomic E-state index is 11.8. The molecule has 7 heteroatoms. The van der Waals surface area contributed by atoms with Crippen molar-refractivity contribution >= 4 is 23.5 Å². The molecule has 2 N–H and O–H groups in total. The van der Waals surface area contributed by atoms with Gasteiger partial charge in [0, 0.05) is 31.0 Å². The molecular formula is C22H31N5O2. The van der Waals surface area contributed by atoms with Gasteiger partial charge in [-0.3, -0.25) is 0 Å². The van der Waals surface area contributed by atoms with Crippen LogP contribution in [0.15, 0.2) is 30.5 Å². The molecule has 1 fully saturated rings. The molecule has 7 nitrogen and oxygen atoms in total. The molecule has 0 atom stereocenters.